The first kappa shape index (κ1) is 16.3. The number of carbonyl (C=O) groups excluding carboxylic acids is 1. The van der Waals surface area contributed by atoms with Crippen molar-refractivity contribution in [1.29, 1.82) is 0 Å². The number of fused-ring (bicyclic) bond motifs is 1. The van der Waals surface area contributed by atoms with E-state index in [-0.39, 0.29) is 5.91 Å². The number of carbonyl (C=O) groups is 1. The lowest BCUT2D eigenvalue weighted by Gasteiger charge is -2.06. The second kappa shape index (κ2) is 6.27. The van der Waals surface area contributed by atoms with Crippen molar-refractivity contribution in [2.45, 2.75) is 6.92 Å². The van der Waals surface area contributed by atoms with Crippen LogP contribution >= 0.6 is 11.6 Å². The molecule has 1 amide bonds. The second-order valence-corrected chi connectivity index (χ2v) is 6.26. The third kappa shape index (κ3) is 2.72. The fraction of sp³-hybridized carbons (Fsp3) is 0.111. The lowest BCUT2D eigenvalue weighted by atomic mass is 10.2. The summed E-state index contributed by atoms with van der Waals surface area (Å²) in [6.07, 6.45) is 3.21. The monoisotopic (exact) mass is 366 g/mol. The van der Waals surface area contributed by atoms with E-state index in [1.807, 2.05) is 42.8 Å². The van der Waals surface area contributed by atoms with Gasteiger partial charge in [0.2, 0.25) is 5.95 Å². The fourth-order valence-electron chi connectivity index (χ4n) is 2.80. The van der Waals surface area contributed by atoms with E-state index in [4.69, 9.17) is 11.6 Å². The minimum absolute atomic E-state index is 0.283. The maximum atomic E-state index is 12.7. The van der Waals surface area contributed by atoms with Crippen LogP contribution in [0.5, 0.6) is 0 Å². The van der Waals surface area contributed by atoms with Crippen molar-refractivity contribution in [3.05, 3.63) is 65.1 Å². The van der Waals surface area contributed by atoms with E-state index in [0.717, 1.165) is 11.0 Å². The van der Waals surface area contributed by atoms with Gasteiger partial charge in [-0.1, -0.05) is 17.7 Å². The number of hydrogen-bond acceptors (Lipinski definition) is 4. The average molecular weight is 367 g/mol. The molecule has 1 aromatic carbocycles. The largest absolute Gasteiger partial charge is 0.313 e. The van der Waals surface area contributed by atoms with Gasteiger partial charge in [0.15, 0.2) is 5.82 Å². The van der Waals surface area contributed by atoms with Crippen molar-refractivity contribution in [3.63, 3.8) is 0 Å². The average Bonchev–Trinajstić information content (AvgIpc) is 3.16. The molecule has 0 radical (unpaired) electrons. The zero-order valence-corrected chi connectivity index (χ0v) is 14.9. The Morgan fingerprint density at radius 1 is 1.23 bits per heavy atom. The molecule has 130 valence electrons. The van der Waals surface area contributed by atoms with Crippen LogP contribution in [0.2, 0.25) is 5.02 Å². The molecule has 0 aliphatic heterocycles. The molecule has 0 atom stereocenters. The van der Waals surface area contributed by atoms with Gasteiger partial charge in [0, 0.05) is 18.3 Å². The van der Waals surface area contributed by atoms with Gasteiger partial charge in [-0.15, -0.1) is 0 Å². The molecule has 3 aromatic heterocycles. The molecule has 7 nitrogen and oxygen atoms in total. The zero-order valence-electron chi connectivity index (χ0n) is 14.1. The van der Waals surface area contributed by atoms with Crippen molar-refractivity contribution in [1.82, 2.24) is 24.3 Å². The number of rotatable bonds is 3. The SMILES string of the molecule is Cc1c(C(=O)Nc2nc3cc(Cl)ccc3n2C)cnn1-c1ccccn1. The number of nitrogens with zero attached hydrogens (tertiary/aromatic N) is 5. The fourth-order valence-corrected chi connectivity index (χ4v) is 2.96. The van der Waals surface area contributed by atoms with Gasteiger partial charge in [-0.2, -0.15) is 5.10 Å². The molecule has 0 unspecified atom stereocenters. The van der Waals surface area contributed by atoms with Crippen LogP contribution in [0, 0.1) is 6.92 Å². The molecule has 4 aromatic rings. The predicted molar refractivity (Wildman–Crippen MR) is 99.8 cm³/mol. The van der Waals surface area contributed by atoms with E-state index in [1.165, 1.54) is 6.20 Å². The number of pyridine rings is 1. The summed E-state index contributed by atoms with van der Waals surface area (Å²) in [7, 11) is 1.84. The highest BCUT2D eigenvalue weighted by Crippen LogP contribution is 2.22. The van der Waals surface area contributed by atoms with Gasteiger partial charge < -0.3 is 4.57 Å². The normalized spacial score (nSPS) is 11.0. The quantitative estimate of drug-likeness (QED) is 0.603. The highest BCUT2D eigenvalue weighted by atomic mass is 35.5. The maximum absolute atomic E-state index is 12.7. The Morgan fingerprint density at radius 2 is 2.08 bits per heavy atom. The summed E-state index contributed by atoms with van der Waals surface area (Å²) >= 11 is 6.01. The Balaban J connectivity index is 1.65. The zero-order chi connectivity index (χ0) is 18.3. The third-order valence-electron chi connectivity index (χ3n) is 4.19. The first-order valence-corrected chi connectivity index (χ1v) is 8.32. The Bertz CT molecular complexity index is 1120. The summed E-state index contributed by atoms with van der Waals surface area (Å²) in [4.78, 5) is 21.4. The molecule has 3 heterocycles. The van der Waals surface area contributed by atoms with Crippen LogP contribution < -0.4 is 5.32 Å². The third-order valence-corrected chi connectivity index (χ3v) is 4.42. The summed E-state index contributed by atoms with van der Waals surface area (Å²) in [5.74, 6) is 0.813. The van der Waals surface area contributed by atoms with Gasteiger partial charge >= 0.3 is 0 Å². The number of aromatic nitrogens is 5. The van der Waals surface area contributed by atoms with E-state index in [9.17, 15) is 4.79 Å². The van der Waals surface area contributed by atoms with Crippen LogP contribution in [0.15, 0.2) is 48.8 Å². The standard InChI is InChI=1S/C18H15ClN6O/c1-11-13(10-21-25(11)16-5-3-4-8-20-16)17(26)23-18-22-14-9-12(19)6-7-15(14)24(18)2/h3-10H,1-2H3,(H,22,23,26). The molecule has 0 saturated heterocycles. The van der Waals surface area contributed by atoms with Crippen molar-refractivity contribution < 1.29 is 4.79 Å². The minimum atomic E-state index is -0.283. The van der Waals surface area contributed by atoms with Gasteiger partial charge in [0.25, 0.3) is 5.91 Å². The summed E-state index contributed by atoms with van der Waals surface area (Å²) in [5, 5.41) is 7.71. The Hall–Kier alpha value is -3.19. The molecule has 0 aliphatic carbocycles. The van der Waals surface area contributed by atoms with E-state index in [1.54, 1.807) is 23.0 Å². The molecule has 26 heavy (non-hydrogen) atoms. The van der Waals surface area contributed by atoms with Crippen LogP contribution in [0.1, 0.15) is 16.1 Å². The van der Waals surface area contributed by atoms with E-state index < -0.39 is 0 Å². The van der Waals surface area contributed by atoms with Gasteiger partial charge in [-0.25, -0.2) is 14.6 Å². The van der Waals surface area contributed by atoms with Gasteiger partial charge in [0.05, 0.1) is 28.5 Å². The second-order valence-electron chi connectivity index (χ2n) is 5.82. The molecular formula is C18H15ClN6O. The molecule has 0 bridgehead atoms. The number of nitrogens with one attached hydrogen (secondary N) is 1. The van der Waals surface area contributed by atoms with Crippen LogP contribution in [0.25, 0.3) is 16.9 Å². The summed E-state index contributed by atoms with van der Waals surface area (Å²) in [6, 6.07) is 10.9. The van der Waals surface area contributed by atoms with E-state index >= 15 is 0 Å². The van der Waals surface area contributed by atoms with Crippen LogP contribution in [0.4, 0.5) is 5.95 Å². The van der Waals surface area contributed by atoms with Gasteiger partial charge in [-0.05, 0) is 37.3 Å². The van der Waals surface area contributed by atoms with Crippen molar-refractivity contribution in [2.75, 3.05) is 5.32 Å². The van der Waals surface area contributed by atoms with Crippen molar-refractivity contribution >= 4 is 34.5 Å². The van der Waals surface area contributed by atoms with E-state index in [0.29, 0.717) is 28.0 Å². The lowest BCUT2D eigenvalue weighted by Crippen LogP contribution is -2.16. The molecule has 4 rings (SSSR count). The van der Waals surface area contributed by atoms with Crippen molar-refractivity contribution in [3.8, 4) is 5.82 Å². The number of aryl methyl sites for hydroxylation is 1. The summed E-state index contributed by atoms with van der Waals surface area (Å²) in [6.45, 7) is 1.82. The Labute approximate surface area is 154 Å². The number of anilines is 1. The highest BCUT2D eigenvalue weighted by molar-refractivity contribution is 6.31. The Morgan fingerprint density at radius 3 is 2.85 bits per heavy atom. The lowest BCUT2D eigenvalue weighted by molar-refractivity contribution is 0.102. The molecule has 8 heteroatoms. The smallest absolute Gasteiger partial charge is 0.261 e. The molecular weight excluding hydrogens is 352 g/mol. The first-order chi connectivity index (χ1) is 12.5. The number of halogens is 1. The molecule has 1 N–H and O–H groups in total. The molecule has 0 fully saturated rings. The number of hydrogen-bond donors (Lipinski definition) is 1. The number of benzene rings is 1. The van der Waals surface area contributed by atoms with Crippen molar-refractivity contribution in [2.24, 2.45) is 7.05 Å². The van der Waals surface area contributed by atoms with Crippen LogP contribution in [-0.2, 0) is 7.05 Å². The van der Waals surface area contributed by atoms with Crippen LogP contribution in [0.3, 0.4) is 0 Å². The molecule has 0 saturated carbocycles. The topological polar surface area (TPSA) is 77.6 Å². The summed E-state index contributed by atoms with van der Waals surface area (Å²) in [5.41, 5.74) is 2.76. The predicted octanol–water partition coefficient (Wildman–Crippen LogP) is 3.37. The maximum Gasteiger partial charge on any atom is 0.261 e. The number of imidazole rings is 1. The van der Waals surface area contributed by atoms with Gasteiger partial charge in [0.1, 0.15) is 0 Å². The minimum Gasteiger partial charge on any atom is -0.313 e. The Kier molecular flexibility index (Phi) is 3.93. The first-order valence-electron chi connectivity index (χ1n) is 7.94. The summed E-state index contributed by atoms with van der Waals surface area (Å²) < 4.78 is 3.44. The highest BCUT2D eigenvalue weighted by Gasteiger charge is 2.18. The van der Waals surface area contributed by atoms with E-state index in [2.05, 4.69) is 20.4 Å². The molecule has 0 aliphatic rings. The molecule has 0 spiro atoms. The van der Waals surface area contributed by atoms with Crippen LogP contribution in [-0.4, -0.2) is 30.2 Å². The number of amides is 1. The van der Waals surface area contributed by atoms with Gasteiger partial charge in [-0.3, -0.25) is 10.1 Å².